The summed E-state index contributed by atoms with van der Waals surface area (Å²) >= 11 is 0. The van der Waals surface area contributed by atoms with Crippen LogP contribution < -0.4 is 19.1 Å². The van der Waals surface area contributed by atoms with Gasteiger partial charge in [0.2, 0.25) is 5.75 Å². The summed E-state index contributed by atoms with van der Waals surface area (Å²) in [7, 11) is 6.47. The van der Waals surface area contributed by atoms with Crippen molar-refractivity contribution in [2.75, 3.05) is 33.3 Å². The number of rotatable bonds is 4. The Morgan fingerprint density at radius 3 is 2.17 bits per heavy atom. The van der Waals surface area contributed by atoms with Crippen LogP contribution in [0.4, 0.5) is 5.69 Å². The topological polar surface area (TPSA) is 48.0 Å². The van der Waals surface area contributed by atoms with Crippen molar-refractivity contribution in [2.45, 2.75) is 0 Å². The van der Waals surface area contributed by atoms with Gasteiger partial charge in [-0.3, -0.25) is 4.79 Å². The van der Waals surface area contributed by atoms with Crippen molar-refractivity contribution < 1.29 is 19.0 Å². The third kappa shape index (κ3) is 2.48. The molecule has 0 radical (unpaired) electrons. The SMILES string of the molecule is COc1cc(/C=C2\C(=O)N(C)c3ccccc32)cc(OC)c1OC. The standard InChI is InChI=1S/C19H19NO4/c1-20-15-8-6-5-7-13(15)14(19(20)21)9-12-10-16(22-2)18(24-4)17(11-12)23-3/h5-11H,1-4H3/b14-9-. The molecule has 0 atom stereocenters. The molecule has 1 aliphatic rings. The van der Waals surface area contributed by atoms with Crippen LogP contribution in [0.3, 0.4) is 0 Å². The van der Waals surface area contributed by atoms with Crippen molar-refractivity contribution in [3.8, 4) is 17.2 Å². The van der Waals surface area contributed by atoms with E-state index < -0.39 is 0 Å². The highest BCUT2D eigenvalue weighted by Crippen LogP contribution is 2.41. The van der Waals surface area contributed by atoms with Crippen molar-refractivity contribution in [3.05, 3.63) is 47.5 Å². The number of hydrogen-bond acceptors (Lipinski definition) is 4. The second kappa shape index (κ2) is 6.28. The molecule has 0 aromatic heterocycles. The van der Waals surface area contributed by atoms with Gasteiger partial charge in [0.1, 0.15) is 0 Å². The molecule has 5 heteroatoms. The van der Waals surface area contributed by atoms with Crippen LogP contribution in [0.15, 0.2) is 36.4 Å². The minimum absolute atomic E-state index is 0.0371. The molecule has 1 heterocycles. The van der Waals surface area contributed by atoms with Crippen LogP contribution in [0.2, 0.25) is 0 Å². The molecule has 124 valence electrons. The van der Waals surface area contributed by atoms with Crippen LogP contribution in [0, 0.1) is 0 Å². The van der Waals surface area contributed by atoms with Crippen LogP contribution in [0.1, 0.15) is 11.1 Å². The van der Waals surface area contributed by atoms with E-state index in [4.69, 9.17) is 14.2 Å². The van der Waals surface area contributed by atoms with Gasteiger partial charge in [0.15, 0.2) is 11.5 Å². The molecule has 0 saturated carbocycles. The Morgan fingerprint density at radius 2 is 1.58 bits per heavy atom. The number of carbonyl (C=O) groups excluding carboxylic acids is 1. The average Bonchev–Trinajstić information content (AvgIpc) is 2.86. The molecule has 0 fully saturated rings. The summed E-state index contributed by atoms with van der Waals surface area (Å²) in [6.07, 6.45) is 1.84. The van der Waals surface area contributed by atoms with Gasteiger partial charge in [-0.25, -0.2) is 0 Å². The van der Waals surface area contributed by atoms with E-state index in [9.17, 15) is 4.79 Å². The molecule has 1 aliphatic heterocycles. The maximum atomic E-state index is 12.6. The molecule has 0 unspecified atom stereocenters. The van der Waals surface area contributed by atoms with Crippen molar-refractivity contribution in [1.82, 2.24) is 0 Å². The van der Waals surface area contributed by atoms with Crippen LogP contribution in [-0.4, -0.2) is 34.3 Å². The molecule has 24 heavy (non-hydrogen) atoms. The fourth-order valence-corrected chi connectivity index (χ4v) is 2.89. The Morgan fingerprint density at radius 1 is 0.958 bits per heavy atom. The van der Waals surface area contributed by atoms with Crippen LogP contribution in [0.25, 0.3) is 11.6 Å². The Bertz CT molecular complexity index is 801. The normalized spacial score (nSPS) is 14.8. The number of benzene rings is 2. The summed E-state index contributed by atoms with van der Waals surface area (Å²) in [5, 5.41) is 0. The highest BCUT2D eigenvalue weighted by Gasteiger charge is 2.29. The largest absolute Gasteiger partial charge is 0.493 e. The van der Waals surface area contributed by atoms with E-state index in [1.165, 1.54) is 0 Å². The molecular weight excluding hydrogens is 306 g/mol. The molecule has 0 N–H and O–H groups in total. The fourth-order valence-electron chi connectivity index (χ4n) is 2.89. The second-order valence-electron chi connectivity index (χ2n) is 5.40. The van der Waals surface area contributed by atoms with Gasteiger partial charge in [-0.2, -0.15) is 0 Å². The van der Waals surface area contributed by atoms with Crippen molar-refractivity contribution >= 4 is 23.2 Å². The second-order valence-corrected chi connectivity index (χ2v) is 5.40. The average molecular weight is 325 g/mol. The summed E-state index contributed by atoms with van der Waals surface area (Å²) in [5.41, 5.74) is 3.26. The van der Waals surface area contributed by atoms with Gasteiger partial charge in [0.25, 0.3) is 5.91 Å². The first kappa shape index (κ1) is 15.9. The minimum Gasteiger partial charge on any atom is -0.493 e. The number of nitrogens with zero attached hydrogens (tertiary/aromatic N) is 1. The van der Waals surface area contributed by atoms with Gasteiger partial charge >= 0.3 is 0 Å². The van der Waals surface area contributed by atoms with E-state index in [0.29, 0.717) is 22.8 Å². The zero-order valence-corrected chi connectivity index (χ0v) is 14.1. The molecule has 2 aromatic rings. The highest BCUT2D eigenvalue weighted by atomic mass is 16.5. The van der Waals surface area contributed by atoms with E-state index in [-0.39, 0.29) is 5.91 Å². The number of ether oxygens (including phenoxy) is 3. The molecule has 0 aliphatic carbocycles. The van der Waals surface area contributed by atoms with Gasteiger partial charge in [-0.05, 0) is 29.8 Å². The Kier molecular flexibility index (Phi) is 4.16. The molecular formula is C19H19NO4. The molecule has 1 amide bonds. The van der Waals surface area contributed by atoms with E-state index in [0.717, 1.165) is 16.8 Å². The van der Waals surface area contributed by atoms with E-state index in [2.05, 4.69) is 0 Å². The predicted octanol–water partition coefficient (Wildman–Crippen LogP) is 3.23. The van der Waals surface area contributed by atoms with Gasteiger partial charge in [-0.15, -0.1) is 0 Å². The summed E-state index contributed by atoms with van der Waals surface area (Å²) in [6, 6.07) is 11.4. The van der Waals surface area contributed by atoms with E-state index >= 15 is 0 Å². The first-order valence-electron chi connectivity index (χ1n) is 7.50. The lowest BCUT2D eigenvalue weighted by Gasteiger charge is -2.13. The van der Waals surface area contributed by atoms with E-state index in [1.807, 2.05) is 42.5 Å². The van der Waals surface area contributed by atoms with Gasteiger partial charge in [-0.1, -0.05) is 18.2 Å². The monoisotopic (exact) mass is 325 g/mol. The summed E-state index contributed by atoms with van der Waals surface area (Å²) in [5.74, 6) is 1.59. The van der Waals surface area contributed by atoms with Crippen molar-refractivity contribution in [2.24, 2.45) is 0 Å². The van der Waals surface area contributed by atoms with E-state index in [1.54, 1.807) is 33.3 Å². The zero-order valence-electron chi connectivity index (χ0n) is 14.1. The first-order valence-corrected chi connectivity index (χ1v) is 7.50. The van der Waals surface area contributed by atoms with Crippen molar-refractivity contribution in [1.29, 1.82) is 0 Å². The molecule has 0 saturated heterocycles. The number of carbonyl (C=O) groups is 1. The summed E-state index contributed by atoms with van der Waals surface area (Å²) in [4.78, 5) is 14.2. The maximum Gasteiger partial charge on any atom is 0.258 e. The third-order valence-corrected chi connectivity index (χ3v) is 4.09. The molecule has 5 nitrogen and oxygen atoms in total. The zero-order chi connectivity index (χ0) is 17.3. The quantitative estimate of drug-likeness (QED) is 0.810. The lowest BCUT2D eigenvalue weighted by atomic mass is 10.0. The number of hydrogen-bond donors (Lipinski definition) is 0. The van der Waals surface area contributed by atoms with Gasteiger partial charge < -0.3 is 19.1 Å². The predicted molar refractivity (Wildman–Crippen MR) is 93.8 cm³/mol. The first-order chi connectivity index (χ1) is 11.6. The lowest BCUT2D eigenvalue weighted by Crippen LogP contribution is -2.20. The summed E-state index contributed by atoms with van der Waals surface area (Å²) in [6.45, 7) is 0. The number of likely N-dealkylation sites (N-methyl/N-ethyl adjacent to an activating group) is 1. The number of para-hydroxylation sites is 1. The number of methoxy groups -OCH3 is 3. The molecule has 3 rings (SSSR count). The number of anilines is 1. The Hall–Kier alpha value is -2.95. The minimum atomic E-state index is -0.0371. The van der Waals surface area contributed by atoms with Crippen LogP contribution >= 0.6 is 0 Å². The van der Waals surface area contributed by atoms with Crippen molar-refractivity contribution in [3.63, 3.8) is 0 Å². The lowest BCUT2D eigenvalue weighted by molar-refractivity contribution is -0.112. The molecule has 2 aromatic carbocycles. The Labute approximate surface area is 141 Å². The van der Waals surface area contributed by atoms with Gasteiger partial charge in [0, 0.05) is 18.2 Å². The molecule has 0 spiro atoms. The number of fused-ring (bicyclic) bond motifs is 1. The van der Waals surface area contributed by atoms with Crippen LogP contribution in [0.5, 0.6) is 17.2 Å². The third-order valence-electron chi connectivity index (χ3n) is 4.09. The smallest absolute Gasteiger partial charge is 0.258 e. The molecule has 0 bridgehead atoms. The number of amides is 1. The Balaban J connectivity index is 2.14. The fraction of sp³-hybridized carbons (Fsp3) is 0.211. The van der Waals surface area contributed by atoms with Crippen LogP contribution in [-0.2, 0) is 4.79 Å². The van der Waals surface area contributed by atoms with Gasteiger partial charge in [0.05, 0.1) is 27.0 Å². The summed E-state index contributed by atoms with van der Waals surface area (Å²) < 4.78 is 16.1. The maximum absolute atomic E-state index is 12.6. The highest BCUT2D eigenvalue weighted by molar-refractivity contribution is 6.35.